The summed E-state index contributed by atoms with van der Waals surface area (Å²) < 4.78 is 11.0. The molecule has 0 aromatic heterocycles. The fraction of sp³-hybridized carbons (Fsp3) is 0.100. The quantitative estimate of drug-likeness (QED) is 0.687. The lowest BCUT2D eigenvalue weighted by molar-refractivity contribution is 0.414. The molecule has 0 atom stereocenters. The standard InChI is InChI=1S/C20H19NO2/c1-22-20-9-5-6-16(14-20)15-21-17-10-12-19(13-11-17)23-18-7-3-2-4-8-18/h2-14,21H,15H2,1H3. The number of anilines is 1. The van der Waals surface area contributed by atoms with Gasteiger partial charge in [-0.1, -0.05) is 30.3 Å². The van der Waals surface area contributed by atoms with Crippen LogP contribution < -0.4 is 14.8 Å². The smallest absolute Gasteiger partial charge is 0.127 e. The Labute approximate surface area is 136 Å². The van der Waals surface area contributed by atoms with Crippen LogP contribution in [0.5, 0.6) is 17.2 Å². The zero-order chi connectivity index (χ0) is 15.9. The lowest BCUT2D eigenvalue weighted by Gasteiger charge is -2.09. The minimum Gasteiger partial charge on any atom is -0.497 e. The van der Waals surface area contributed by atoms with Crippen LogP contribution in [0.25, 0.3) is 0 Å². The number of ether oxygens (including phenoxy) is 2. The monoisotopic (exact) mass is 305 g/mol. The van der Waals surface area contributed by atoms with E-state index in [9.17, 15) is 0 Å². The third-order valence-corrected chi connectivity index (χ3v) is 3.46. The van der Waals surface area contributed by atoms with Crippen molar-refractivity contribution in [3.8, 4) is 17.2 Å². The van der Waals surface area contributed by atoms with Crippen molar-refractivity contribution in [3.63, 3.8) is 0 Å². The molecule has 0 aliphatic heterocycles. The van der Waals surface area contributed by atoms with E-state index in [1.807, 2.05) is 72.8 Å². The lowest BCUT2D eigenvalue weighted by atomic mass is 10.2. The van der Waals surface area contributed by atoms with Gasteiger partial charge in [0.05, 0.1) is 7.11 Å². The summed E-state index contributed by atoms with van der Waals surface area (Å²) >= 11 is 0. The number of hydrogen-bond acceptors (Lipinski definition) is 3. The number of para-hydroxylation sites is 1. The van der Waals surface area contributed by atoms with Crippen LogP contribution in [-0.4, -0.2) is 7.11 Å². The summed E-state index contributed by atoms with van der Waals surface area (Å²) in [5, 5.41) is 3.39. The van der Waals surface area contributed by atoms with E-state index in [-0.39, 0.29) is 0 Å². The fourth-order valence-corrected chi connectivity index (χ4v) is 2.25. The van der Waals surface area contributed by atoms with Gasteiger partial charge >= 0.3 is 0 Å². The highest BCUT2D eigenvalue weighted by molar-refractivity contribution is 5.48. The summed E-state index contributed by atoms with van der Waals surface area (Å²) in [6.45, 7) is 0.746. The Morgan fingerprint density at radius 2 is 1.43 bits per heavy atom. The third kappa shape index (κ3) is 4.27. The van der Waals surface area contributed by atoms with Gasteiger partial charge in [0, 0.05) is 12.2 Å². The molecular formula is C20H19NO2. The molecule has 0 unspecified atom stereocenters. The van der Waals surface area contributed by atoms with Crippen molar-refractivity contribution < 1.29 is 9.47 Å². The highest BCUT2D eigenvalue weighted by Gasteiger charge is 1.99. The fourth-order valence-electron chi connectivity index (χ4n) is 2.25. The Morgan fingerprint density at radius 3 is 2.17 bits per heavy atom. The topological polar surface area (TPSA) is 30.5 Å². The first-order valence-corrected chi connectivity index (χ1v) is 7.53. The minimum atomic E-state index is 0.746. The van der Waals surface area contributed by atoms with Gasteiger partial charge in [-0.25, -0.2) is 0 Å². The molecule has 3 rings (SSSR count). The molecule has 3 nitrogen and oxygen atoms in total. The number of hydrogen-bond donors (Lipinski definition) is 1. The molecule has 3 heteroatoms. The predicted octanol–water partition coefficient (Wildman–Crippen LogP) is 5.10. The molecule has 0 radical (unpaired) electrons. The van der Waals surface area contributed by atoms with Crippen molar-refractivity contribution in [1.29, 1.82) is 0 Å². The third-order valence-electron chi connectivity index (χ3n) is 3.46. The first-order valence-electron chi connectivity index (χ1n) is 7.53. The maximum absolute atomic E-state index is 5.78. The number of nitrogens with one attached hydrogen (secondary N) is 1. The molecule has 0 aliphatic carbocycles. The van der Waals surface area contributed by atoms with E-state index >= 15 is 0 Å². The number of benzene rings is 3. The highest BCUT2D eigenvalue weighted by Crippen LogP contribution is 2.23. The van der Waals surface area contributed by atoms with E-state index in [1.165, 1.54) is 5.56 Å². The van der Waals surface area contributed by atoms with Crippen molar-refractivity contribution in [2.24, 2.45) is 0 Å². The Hall–Kier alpha value is -2.94. The summed E-state index contributed by atoms with van der Waals surface area (Å²) in [7, 11) is 1.68. The Kier molecular flexibility index (Phi) is 4.79. The molecule has 0 saturated carbocycles. The van der Waals surface area contributed by atoms with E-state index in [0.29, 0.717) is 0 Å². The van der Waals surface area contributed by atoms with Gasteiger partial charge in [-0.3, -0.25) is 0 Å². The van der Waals surface area contributed by atoms with Gasteiger partial charge in [0.25, 0.3) is 0 Å². The van der Waals surface area contributed by atoms with Crippen molar-refractivity contribution in [1.82, 2.24) is 0 Å². The van der Waals surface area contributed by atoms with E-state index in [0.717, 1.165) is 29.5 Å². The van der Waals surface area contributed by atoms with Crippen LogP contribution in [0.4, 0.5) is 5.69 Å². The molecule has 0 aliphatic rings. The van der Waals surface area contributed by atoms with Gasteiger partial charge in [0.2, 0.25) is 0 Å². The molecule has 23 heavy (non-hydrogen) atoms. The predicted molar refractivity (Wildman–Crippen MR) is 93.3 cm³/mol. The molecule has 3 aromatic carbocycles. The lowest BCUT2D eigenvalue weighted by Crippen LogP contribution is -1.99. The average molecular weight is 305 g/mol. The molecular weight excluding hydrogens is 286 g/mol. The molecule has 116 valence electrons. The molecule has 0 heterocycles. The molecule has 0 saturated heterocycles. The summed E-state index contributed by atoms with van der Waals surface area (Å²) in [6, 6.07) is 25.7. The summed E-state index contributed by atoms with van der Waals surface area (Å²) in [6.07, 6.45) is 0. The van der Waals surface area contributed by atoms with Crippen LogP contribution >= 0.6 is 0 Å². The van der Waals surface area contributed by atoms with Crippen LogP contribution in [0.2, 0.25) is 0 Å². The largest absolute Gasteiger partial charge is 0.497 e. The Bertz CT molecular complexity index is 739. The average Bonchev–Trinajstić information content (AvgIpc) is 2.62. The molecule has 3 aromatic rings. The van der Waals surface area contributed by atoms with Crippen molar-refractivity contribution in [2.45, 2.75) is 6.54 Å². The van der Waals surface area contributed by atoms with E-state index < -0.39 is 0 Å². The summed E-state index contributed by atoms with van der Waals surface area (Å²) in [5.41, 5.74) is 2.22. The van der Waals surface area contributed by atoms with Crippen LogP contribution in [0.1, 0.15) is 5.56 Å². The summed E-state index contributed by atoms with van der Waals surface area (Å²) in [5.74, 6) is 2.53. The maximum Gasteiger partial charge on any atom is 0.127 e. The molecule has 1 N–H and O–H groups in total. The second-order valence-corrected chi connectivity index (χ2v) is 5.14. The Morgan fingerprint density at radius 1 is 0.739 bits per heavy atom. The van der Waals surface area contributed by atoms with Gasteiger partial charge < -0.3 is 14.8 Å². The van der Waals surface area contributed by atoms with Crippen LogP contribution in [-0.2, 0) is 6.54 Å². The van der Waals surface area contributed by atoms with Crippen LogP contribution in [0.3, 0.4) is 0 Å². The molecule has 0 fully saturated rings. The van der Waals surface area contributed by atoms with Gasteiger partial charge in [-0.2, -0.15) is 0 Å². The molecule has 0 bridgehead atoms. The number of methoxy groups -OCH3 is 1. The highest BCUT2D eigenvalue weighted by atomic mass is 16.5. The second kappa shape index (κ2) is 7.36. The molecule has 0 spiro atoms. The Balaban J connectivity index is 1.59. The maximum atomic E-state index is 5.78. The second-order valence-electron chi connectivity index (χ2n) is 5.14. The molecule has 0 amide bonds. The van der Waals surface area contributed by atoms with E-state index in [1.54, 1.807) is 7.11 Å². The van der Waals surface area contributed by atoms with Crippen molar-refractivity contribution >= 4 is 5.69 Å². The zero-order valence-corrected chi connectivity index (χ0v) is 13.0. The van der Waals surface area contributed by atoms with Crippen LogP contribution in [0.15, 0.2) is 78.9 Å². The minimum absolute atomic E-state index is 0.746. The number of rotatable bonds is 6. The first kappa shape index (κ1) is 15.0. The SMILES string of the molecule is COc1cccc(CNc2ccc(Oc3ccccc3)cc2)c1. The van der Waals surface area contributed by atoms with Crippen molar-refractivity contribution in [2.75, 3.05) is 12.4 Å². The van der Waals surface area contributed by atoms with E-state index in [2.05, 4.69) is 11.4 Å². The van der Waals surface area contributed by atoms with Gasteiger partial charge in [0.1, 0.15) is 17.2 Å². The zero-order valence-electron chi connectivity index (χ0n) is 13.0. The van der Waals surface area contributed by atoms with Gasteiger partial charge in [0.15, 0.2) is 0 Å². The van der Waals surface area contributed by atoms with Gasteiger partial charge in [-0.15, -0.1) is 0 Å². The van der Waals surface area contributed by atoms with Gasteiger partial charge in [-0.05, 0) is 54.1 Å². The normalized spacial score (nSPS) is 10.1. The first-order chi connectivity index (χ1) is 11.3. The van der Waals surface area contributed by atoms with Crippen molar-refractivity contribution in [3.05, 3.63) is 84.4 Å². The summed E-state index contributed by atoms with van der Waals surface area (Å²) in [4.78, 5) is 0. The van der Waals surface area contributed by atoms with Crippen LogP contribution in [0, 0.1) is 0 Å². The van der Waals surface area contributed by atoms with E-state index in [4.69, 9.17) is 9.47 Å².